The van der Waals surface area contributed by atoms with Crippen LogP contribution in [0.4, 0.5) is 5.69 Å². The van der Waals surface area contributed by atoms with Crippen molar-refractivity contribution in [3.05, 3.63) is 41.2 Å². The molecule has 0 bridgehead atoms. The molecule has 3 rings (SSSR count). The summed E-state index contributed by atoms with van der Waals surface area (Å²) in [4.78, 5) is 17.0. The molecular weight excluding hydrogens is 366 g/mol. The Morgan fingerprint density at radius 1 is 1.24 bits per heavy atom. The number of hydrogen-bond donors (Lipinski definition) is 0. The van der Waals surface area contributed by atoms with Crippen LogP contribution < -0.4 is 9.64 Å². The topological polar surface area (TPSA) is 74.4 Å². The van der Waals surface area contributed by atoms with Crippen molar-refractivity contribution in [3.63, 3.8) is 0 Å². The van der Waals surface area contributed by atoms with Crippen LogP contribution in [0.5, 0.6) is 5.75 Å². The molecule has 29 heavy (non-hydrogen) atoms. The highest BCUT2D eigenvalue weighted by molar-refractivity contribution is 5.77. The molecule has 0 atom stereocenters. The van der Waals surface area contributed by atoms with Gasteiger partial charge in [0.25, 0.3) is 0 Å². The number of aryl methyl sites for hydroxylation is 2. The van der Waals surface area contributed by atoms with Crippen LogP contribution >= 0.6 is 0 Å². The van der Waals surface area contributed by atoms with Crippen molar-refractivity contribution in [2.24, 2.45) is 0 Å². The minimum Gasteiger partial charge on any atom is -0.497 e. The minimum atomic E-state index is 0.193. The summed E-state index contributed by atoms with van der Waals surface area (Å²) in [6, 6.07) is 10.2. The van der Waals surface area contributed by atoms with Crippen molar-refractivity contribution in [2.75, 3.05) is 38.2 Å². The van der Waals surface area contributed by atoms with Gasteiger partial charge in [0.1, 0.15) is 5.75 Å². The van der Waals surface area contributed by atoms with Crippen molar-refractivity contribution in [1.82, 2.24) is 14.7 Å². The molecule has 1 aliphatic heterocycles. The molecule has 2 aromatic rings. The third kappa shape index (κ3) is 4.89. The molecular formula is C22H29N5O2. The maximum absolute atomic E-state index is 12.7. The highest BCUT2D eigenvalue weighted by Gasteiger charge is 2.22. The number of piperazine rings is 1. The van der Waals surface area contributed by atoms with Crippen molar-refractivity contribution in [1.29, 1.82) is 5.26 Å². The number of amides is 1. The van der Waals surface area contributed by atoms with Gasteiger partial charge in [-0.3, -0.25) is 9.48 Å². The van der Waals surface area contributed by atoms with Crippen LogP contribution in [-0.4, -0.2) is 53.9 Å². The largest absolute Gasteiger partial charge is 0.497 e. The Hall–Kier alpha value is -3.01. The average Bonchev–Trinajstić information content (AvgIpc) is 3.03. The zero-order chi connectivity index (χ0) is 20.8. The monoisotopic (exact) mass is 395 g/mol. The van der Waals surface area contributed by atoms with Gasteiger partial charge in [-0.05, 0) is 38.0 Å². The molecule has 154 valence electrons. The summed E-state index contributed by atoms with van der Waals surface area (Å²) < 4.78 is 7.19. The fraction of sp³-hybridized carbons (Fsp3) is 0.500. The third-order valence-electron chi connectivity index (χ3n) is 5.61. The number of aromatic nitrogens is 2. The van der Waals surface area contributed by atoms with Crippen molar-refractivity contribution >= 4 is 11.6 Å². The van der Waals surface area contributed by atoms with Crippen LogP contribution in [-0.2, 0) is 17.8 Å². The number of anilines is 1. The quantitative estimate of drug-likeness (QED) is 0.721. The summed E-state index contributed by atoms with van der Waals surface area (Å²) in [7, 11) is 1.67. The molecule has 1 saturated heterocycles. The lowest BCUT2D eigenvalue weighted by atomic mass is 10.1. The molecule has 1 aromatic heterocycles. The van der Waals surface area contributed by atoms with Crippen LogP contribution in [0.25, 0.3) is 0 Å². The molecule has 1 aliphatic rings. The molecule has 0 unspecified atom stereocenters. The predicted molar refractivity (Wildman–Crippen MR) is 112 cm³/mol. The number of nitrogens with zero attached hydrogens (tertiary/aromatic N) is 5. The van der Waals surface area contributed by atoms with Gasteiger partial charge in [-0.25, -0.2) is 0 Å². The number of hydrogen-bond acceptors (Lipinski definition) is 5. The smallest absolute Gasteiger partial charge is 0.223 e. The van der Waals surface area contributed by atoms with E-state index >= 15 is 0 Å². The molecule has 0 aliphatic carbocycles. The molecule has 2 heterocycles. The number of rotatable bonds is 7. The summed E-state index contributed by atoms with van der Waals surface area (Å²) in [6.45, 7) is 7.70. The van der Waals surface area contributed by atoms with E-state index in [0.717, 1.165) is 54.6 Å². The molecule has 0 spiro atoms. The van der Waals surface area contributed by atoms with E-state index in [1.807, 2.05) is 41.6 Å². The molecule has 0 radical (unpaired) electrons. The zero-order valence-corrected chi connectivity index (χ0v) is 17.5. The molecule has 0 saturated carbocycles. The standard InChI is InChI=1S/C22H29N5O2/c1-17-21(18(2)27(24-17)11-5-10-23)8-9-22(28)26-14-12-25(13-15-26)19-6-4-7-20(16-19)29-3/h4,6-7,16H,5,8-9,11-15H2,1-3H3. The van der Waals surface area contributed by atoms with Crippen molar-refractivity contribution < 1.29 is 9.53 Å². The number of carbonyl (C=O) groups excluding carboxylic acids is 1. The van der Waals surface area contributed by atoms with Crippen LogP contribution in [0, 0.1) is 25.2 Å². The molecule has 1 fully saturated rings. The fourth-order valence-corrected chi connectivity index (χ4v) is 3.88. The third-order valence-corrected chi connectivity index (χ3v) is 5.61. The maximum Gasteiger partial charge on any atom is 0.223 e. The van der Waals surface area contributed by atoms with Gasteiger partial charge in [-0.2, -0.15) is 10.4 Å². The van der Waals surface area contributed by atoms with E-state index in [0.29, 0.717) is 25.8 Å². The molecule has 7 nitrogen and oxygen atoms in total. The van der Waals surface area contributed by atoms with E-state index in [2.05, 4.69) is 22.1 Å². The average molecular weight is 396 g/mol. The van der Waals surface area contributed by atoms with E-state index in [1.165, 1.54) is 0 Å². The normalized spacial score (nSPS) is 14.0. The Balaban J connectivity index is 1.53. The first kappa shape index (κ1) is 20.7. The Labute approximate surface area is 172 Å². The van der Waals surface area contributed by atoms with E-state index in [1.54, 1.807) is 7.11 Å². The minimum absolute atomic E-state index is 0.193. The van der Waals surface area contributed by atoms with E-state index in [4.69, 9.17) is 10.00 Å². The van der Waals surface area contributed by atoms with Gasteiger partial charge in [0.05, 0.1) is 31.8 Å². The number of carbonyl (C=O) groups is 1. The first-order valence-electron chi connectivity index (χ1n) is 10.1. The molecule has 1 amide bonds. The lowest BCUT2D eigenvalue weighted by molar-refractivity contribution is -0.131. The SMILES string of the molecule is COc1cccc(N2CCN(C(=O)CCc3c(C)nn(CCC#N)c3C)CC2)c1. The van der Waals surface area contributed by atoms with Crippen molar-refractivity contribution in [3.8, 4) is 11.8 Å². The Morgan fingerprint density at radius 2 is 2.00 bits per heavy atom. The van der Waals surface area contributed by atoms with Crippen molar-refractivity contribution in [2.45, 2.75) is 39.7 Å². The maximum atomic E-state index is 12.7. The summed E-state index contributed by atoms with van der Waals surface area (Å²) >= 11 is 0. The van der Waals surface area contributed by atoms with Crippen LogP contribution in [0.3, 0.4) is 0 Å². The van der Waals surface area contributed by atoms with Gasteiger partial charge in [0.2, 0.25) is 5.91 Å². The van der Waals surface area contributed by atoms with Crippen LogP contribution in [0.2, 0.25) is 0 Å². The first-order valence-corrected chi connectivity index (χ1v) is 10.1. The summed E-state index contributed by atoms with van der Waals surface area (Å²) in [5, 5.41) is 13.3. The van der Waals surface area contributed by atoms with Gasteiger partial charge < -0.3 is 14.5 Å². The highest BCUT2D eigenvalue weighted by atomic mass is 16.5. The van der Waals surface area contributed by atoms with Gasteiger partial charge in [-0.15, -0.1) is 0 Å². The number of methoxy groups -OCH3 is 1. The van der Waals surface area contributed by atoms with Crippen LogP contribution in [0.1, 0.15) is 29.8 Å². The Morgan fingerprint density at radius 3 is 2.69 bits per heavy atom. The summed E-state index contributed by atoms with van der Waals surface area (Å²) in [6.07, 6.45) is 1.63. The van der Waals surface area contributed by atoms with E-state index in [9.17, 15) is 4.79 Å². The number of benzene rings is 1. The second-order valence-corrected chi connectivity index (χ2v) is 7.35. The predicted octanol–water partition coefficient (Wildman–Crippen LogP) is 2.70. The van der Waals surface area contributed by atoms with Gasteiger partial charge >= 0.3 is 0 Å². The van der Waals surface area contributed by atoms with Gasteiger partial charge in [0, 0.05) is 50.0 Å². The fourth-order valence-electron chi connectivity index (χ4n) is 3.88. The zero-order valence-electron chi connectivity index (χ0n) is 17.5. The lowest BCUT2D eigenvalue weighted by Gasteiger charge is -2.36. The van der Waals surface area contributed by atoms with Gasteiger partial charge in [0.15, 0.2) is 0 Å². The highest BCUT2D eigenvalue weighted by Crippen LogP contribution is 2.22. The summed E-state index contributed by atoms with van der Waals surface area (Å²) in [5.74, 6) is 1.04. The second-order valence-electron chi connectivity index (χ2n) is 7.35. The van der Waals surface area contributed by atoms with Gasteiger partial charge in [-0.1, -0.05) is 6.07 Å². The van der Waals surface area contributed by atoms with E-state index in [-0.39, 0.29) is 5.91 Å². The molecule has 7 heteroatoms. The summed E-state index contributed by atoms with van der Waals surface area (Å²) in [5.41, 5.74) is 4.28. The molecule has 0 N–H and O–H groups in total. The second kappa shape index (κ2) is 9.46. The Bertz CT molecular complexity index is 891. The number of ether oxygens (including phenoxy) is 1. The van der Waals surface area contributed by atoms with E-state index < -0.39 is 0 Å². The Kier molecular flexibility index (Phi) is 6.76. The van der Waals surface area contributed by atoms with Crippen LogP contribution in [0.15, 0.2) is 24.3 Å². The number of nitriles is 1. The molecule has 1 aromatic carbocycles. The lowest BCUT2D eigenvalue weighted by Crippen LogP contribution is -2.48. The first-order chi connectivity index (χ1) is 14.0.